The van der Waals surface area contributed by atoms with Crippen LogP contribution in [0.25, 0.3) is 0 Å². The maximum Gasteiger partial charge on any atom is 0.220 e. The van der Waals surface area contributed by atoms with E-state index in [1.54, 1.807) is 6.20 Å². The molecule has 0 saturated heterocycles. The second-order valence-corrected chi connectivity index (χ2v) is 4.54. The molecule has 0 spiro atoms. The highest BCUT2D eigenvalue weighted by Crippen LogP contribution is 2.13. The summed E-state index contributed by atoms with van der Waals surface area (Å²) in [5, 5.41) is 2.86. The van der Waals surface area contributed by atoms with Gasteiger partial charge in [0.25, 0.3) is 0 Å². The Morgan fingerprint density at radius 3 is 2.76 bits per heavy atom. The Kier molecular flexibility index (Phi) is 5.63. The summed E-state index contributed by atoms with van der Waals surface area (Å²) >= 11 is 0. The van der Waals surface area contributed by atoms with Crippen LogP contribution in [0.15, 0.2) is 24.4 Å². The Balaban J connectivity index is 2.35. The second kappa shape index (κ2) is 7.01. The highest BCUT2D eigenvalue weighted by atomic mass is 16.1. The van der Waals surface area contributed by atoms with Crippen LogP contribution >= 0.6 is 0 Å². The SMILES string of the molecule is CC(C)C(CN)CC(=O)NCc1ccccn1. The molecule has 1 atom stereocenters. The number of carbonyl (C=O) groups is 1. The summed E-state index contributed by atoms with van der Waals surface area (Å²) in [7, 11) is 0. The van der Waals surface area contributed by atoms with E-state index < -0.39 is 0 Å². The number of hydrogen-bond donors (Lipinski definition) is 2. The number of pyridine rings is 1. The summed E-state index contributed by atoms with van der Waals surface area (Å²) in [4.78, 5) is 15.8. The average Bonchev–Trinajstić information content (AvgIpc) is 2.34. The fraction of sp³-hybridized carbons (Fsp3) is 0.538. The molecular formula is C13H21N3O. The summed E-state index contributed by atoms with van der Waals surface area (Å²) in [5.74, 6) is 0.721. The molecule has 0 saturated carbocycles. The van der Waals surface area contributed by atoms with Gasteiger partial charge in [-0.1, -0.05) is 19.9 Å². The van der Waals surface area contributed by atoms with E-state index in [2.05, 4.69) is 24.1 Å². The van der Waals surface area contributed by atoms with Crippen LogP contribution < -0.4 is 11.1 Å². The molecule has 0 bridgehead atoms. The van der Waals surface area contributed by atoms with Crippen molar-refractivity contribution in [1.82, 2.24) is 10.3 Å². The van der Waals surface area contributed by atoms with E-state index in [0.29, 0.717) is 25.4 Å². The zero-order chi connectivity index (χ0) is 12.7. The minimum atomic E-state index is 0.0415. The van der Waals surface area contributed by atoms with Crippen molar-refractivity contribution in [2.75, 3.05) is 6.54 Å². The van der Waals surface area contributed by atoms with Crippen molar-refractivity contribution in [2.45, 2.75) is 26.8 Å². The molecule has 1 aromatic rings. The van der Waals surface area contributed by atoms with Gasteiger partial charge in [0.1, 0.15) is 0 Å². The predicted molar refractivity (Wildman–Crippen MR) is 68.1 cm³/mol. The lowest BCUT2D eigenvalue weighted by Gasteiger charge is -2.17. The van der Waals surface area contributed by atoms with Crippen LogP contribution in [0, 0.1) is 11.8 Å². The first kappa shape index (κ1) is 13.6. The van der Waals surface area contributed by atoms with Gasteiger partial charge >= 0.3 is 0 Å². The molecule has 0 radical (unpaired) electrons. The molecule has 0 aromatic carbocycles. The minimum Gasteiger partial charge on any atom is -0.350 e. The van der Waals surface area contributed by atoms with Crippen LogP contribution in [0.1, 0.15) is 26.0 Å². The van der Waals surface area contributed by atoms with Crippen molar-refractivity contribution in [3.05, 3.63) is 30.1 Å². The topological polar surface area (TPSA) is 68.0 Å². The molecule has 0 fully saturated rings. The van der Waals surface area contributed by atoms with E-state index in [0.717, 1.165) is 5.69 Å². The highest BCUT2D eigenvalue weighted by Gasteiger charge is 2.15. The van der Waals surface area contributed by atoms with Crippen LogP contribution in [-0.2, 0) is 11.3 Å². The van der Waals surface area contributed by atoms with Crippen molar-refractivity contribution >= 4 is 5.91 Å². The van der Waals surface area contributed by atoms with Gasteiger partial charge in [-0.2, -0.15) is 0 Å². The molecule has 3 N–H and O–H groups in total. The largest absolute Gasteiger partial charge is 0.350 e. The van der Waals surface area contributed by atoms with Gasteiger partial charge in [-0.25, -0.2) is 0 Å². The van der Waals surface area contributed by atoms with Crippen molar-refractivity contribution in [3.8, 4) is 0 Å². The Bertz CT molecular complexity index is 338. The standard InChI is InChI=1S/C13H21N3O/c1-10(2)11(8-14)7-13(17)16-9-12-5-3-4-6-15-12/h3-6,10-11H,7-9,14H2,1-2H3,(H,16,17). The number of nitrogens with zero attached hydrogens (tertiary/aromatic N) is 1. The quantitative estimate of drug-likeness (QED) is 0.781. The van der Waals surface area contributed by atoms with Crippen molar-refractivity contribution in [1.29, 1.82) is 0 Å². The van der Waals surface area contributed by atoms with E-state index in [1.165, 1.54) is 0 Å². The van der Waals surface area contributed by atoms with Gasteiger partial charge in [0, 0.05) is 12.6 Å². The molecule has 1 rings (SSSR count). The minimum absolute atomic E-state index is 0.0415. The van der Waals surface area contributed by atoms with E-state index in [1.807, 2.05) is 18.2 Å². The van der Waals surface area contributed by atoms with Gasteiger partial charge in [0.05, 0.1) is 12.2 Å². The third kappa shape index (κ3) is 4.95. The smallest absolute Gasteiger partial charge is 0.220 e. The lowest BCUT2D eigenvalue weighted by Crippen LogP contribution is -2.30. The lowest BCUT2D eigenvalue weighted by molar-refractivity contribution is -0.122. The summed E-state index contributed by atoms with van der Waals surface area (Å²) in [6, 6.07) is 5.66. The Morgan fingerprint density at radius 1 is 1.47 bits per heavy atom. The third-order valence-corrected chi connectivity index (χ3v) is 2.89. The van der Waals surface area contributed by atoms with Gasteiger partial charge in [0.15, 0.2) is 0 Å². The van der Waals surface area contributed by atoms with Gasteiger partial charge in [-0.15, -0.1) is 0 Å². The summed E-state index contributed by atoms with van der Waals surface area (Å²) in [5.41, 5.74) is 6.51. The predicted octanol–water partition coefficient (Wildman–Crippen LogP) is 1.32. The Morgan fingerprint density at radius 2 is 2.24 bits per heavy atom. The third-order valence-electron chi connectivity index (χ3n) is 2.89. The first-order valence-corrected chi connectivity index (χ1v) is 6.00. The van der Waals surface area contributed by atoms with Gasteiger partial charge in [-0.05, 0) is 30.5 Å². The maximum absolute atomic E-state index is 11.7. The van der Waals surface area contributed by atoms with Crippen molar-refractivity contribution < 1.29 is 4.79 Å². The molecule has 1 aromatic heterocycles. The summed E-state index contributed by atoms with van der Waals surface area (Å²) in [6.07, 6.45) is 2.21. The molecule has 1 unspecified atom stereocenters. The molecule has 0 aliphatic rings. The number of amides is 1. The molecule has 0 aliphatic heterocycles. The summed E-state index contributed by atoms with van der Waals surface area (Å²) < 4.78 is 0. The normalized spacial score (nSPS) is 12.5. The van der Waals surface area contributed by atoms with Crippen molar-refractivity contribution in [2.24, 2.45) is 17.6 Å². The molecule has 94 valence electrons. The van der Waals surface area contributed by atoms with Crippen LogP contribution in [0.4, 0.5) is 0 Å². The highest BCUT2D eigenvalue weighted by molar-refractivity contribution is 5.76. The van der Waals surface area contributed by atoms with Crippen LogP contribution in [0.3, 0.4) is 0 Å². The molecule has 1 heterocycles. The summed E-state index contributed by atoms with van der Waals surface area (Å²) in [6.45, 7) is 5.21. The molecular weight excluding hydrogens is 214 g/mol. The van der Waals surface area contributed by atoms with E-state index in [9.17, 15) is 4.79 Å². The fourth-order valence-corrected chi connectivity index (χ4v) is 1.59. The number of rotatable bonds is 6. The number of nitrogens with one attached hydrogen (secondary N) is 1. The van der Waals surface area contributed by atoms with Crippen LogP contribution in [-0.4, -0.2) is 17.4 Å². The molecule has 4 heteroatoms. The zero-order valence-electron chi connectivity index (χ0n) is 10.5. The molecule has 1 amide bonds. The Labute approximate surface area is 103 Å². The van der Waals surface area contributed by atoms with Gasteiger partial charge in [0.2, 0.25) is 5.91 Å². The molecule has 0 aliphatic carbocycles. The van der Waals surface area contributed by atoms with E-state index in [-0.39, 0.29) is 11.8 Å². The van der Waals surface area contributed by atoms with E-state index >= 15 is 0 Å². The van der Waals surface area contributed by atoms with Gasteiger partial charge < -0.3 is 11.1 Å². The lowest BCUT2D eigenvalue weighted by atomic mass is 9.92. The number of aromatic nitrogens is 1. The number of carbonyl (C=O) groups excluding carboxylic acids is 1. The molecule has 4 nitrogen and oxygen atoms in total. The zero-order valence-corrected chi connectivity index (χ0v) is 10.5. The first-order valence-electron chi connectivity index (χ1n) is 6.00. The van der Waals surface area contributed by atoms with E-state index in [4.69, 9.17) is 5.73 Å². The number of nitrogens with two attached hydrogens (primary N) is 1. The van der Waals surface area contributed by atoms with Crippen LogP contribution in [0.2, 0.25) is 0 Å². The second-order valence-electron chi connectivity index (χ2n) is 4.54. The monoisotopic (exact) mass is 235 g/mol. The van der Waals surface area contributed by atoms with Crippen LogP contribution in [0.5, 0.6) is 0 Å². The van der Waals surface area contributed by atoms with Crippen molar-refractivity contribution in [3.63, 3.8) is 0 Å². The average molecular weight is 235 g/mol. The molecule has 17 heavy (non-hydrogen) atoms. The fourth-order valence-electron chi connectivity index (χ4n) is 1.59. The first-order chi connectivity index (χ1) is 8.13. The Hall–Kier alpha value is -1.42. The maximum atomic E-state index is 11.7. The number of hydrogen-bond acceptors (Lipinski definition) is 3. The van der Waals surface area contributed by atoms with Gasteiger partial charge in [-0.3, -0.25) is 9.78 Å².